The number of hydrazine groups is 1. The minimum atomic E-state index is -0.269. The fraction of sp³-hybridized carbons (Fsp3) is 0.333. The number of benzene rings is 1. The number of aromatic nitrogens is 2. The number of carbonyl (C=O) groups is 1. The smallest absolute Gasteiger partial charge is 0.213 e. The Labute approximate surface area is 210 Å². The third-order valence-electron chi connectivity index (χ3n) is 5.68. The van der Waals surface area contributed by atoms with Gasteiger partial charge in [-0.05, 0) is 69.0 Å². The molecule has 5 rings (SSSR count). The number of rotatable bonds is 5. The van der Waals surface area contributed by atoms with E-state index in [-0.39, 0.29) is 18.1 Å². The molecule has 0 amide bonds. The molecular formula is C27H32FN5O3. The van der Waals surface area contributed by atoms with Gasteiger partial charge in [0.1, 0.15) is 30.2 Å². The maximum atomic E-state index is 13.1. The maximum absolute atomic E-state index is 13.1. The number of halogens is 1. The van der Waals surface area contributed by atoms with Crippen LogP contribution >= 0.6 is 0 Å². The van der Waals surface area contributed by atoms with E-state index in [1.807, 2.05) is 24.3 Å². The molecule has 1 aliphatic heterocycles. The molecule has 1 fully saturated rings. The summed E-state index contributed by atoms with van der Waals surface area (Å²) >= 11 is 0. The molecule has 1 aliphatic carbocycles. The van der Waals surface area contributed by atoms with Gasteiger partial charge in [0, 0.05) is 42.3 Å². The van der Waals surface area contributed by atoms with Crippen molar-refractivity contribution < 1.29 is 19.0 Å². The Kier molecular flexibility index (Phi) is 10.5. The standard InChI is InChI=1S/C24H24FN5O.C2H4O.CH4O/c25-19-10-6-16(7-11-19)23-28-24(30-29-23)18-8-12-21(26-15-18)17-9-13-22(27-14-17)31-20-4-2-1-3-5-20;1-2-3;1-2/h6-15,20,24,30H,1-5H2,(H,28,29);2H,1H3;2H,1H3. The van der Waals surface area contributed by atoms with Crippen LogP contribution in [0.4, 0.5) is 4.39 Å². The highest BCUT2D eigenvalue weighted by Crippen LogP contribution is 2.25. The molecule has 3 N–H and O–H groups in total. The van der Waals surface area contributed by atoms with Gasteiger partial charge < -0.3 is 20.1 Å². The van der Waals surface area contributed by atoms with Crippen LogP contribution in [0.2, 0.25) is 0 Å². The second-order valence-electron chi connectivity index (χ2n) is 8.13. The van der Waals surface area contributed by atoms with Crippen molar-refractivity contribution in [2.75, 3.05) is 7.11 Å². The molecule has 2 aromatic heterocycles. The maximum Gasteiger partial charge on any atom is 0.213 e. The van der Waals surface area contributed by atoms with Gasteiger partial charge in [0.25, 0.3) is 0 Å². The van der Waals surface area contributed by atoms with Crippen LogP contribution in [0.25, 0.3) is 11.3 Å². The van der Waals surface area contributed by atoms with Gasteiger partial charge >= 0.3 is 0 Å². The van der Waals surface area contributed by atoms with Crippen LogP contribution in [0.1, 0.15) is 56.3 Å². The van der Waals surface area contributed by atoms with E-state index in [2.05, 4.69) is 25.8 Å². The van der Waals surface area contributed by atoms with Crippen molar-refractivity contribution in [3.05, 3.63) is 77.9 Å². The minimum Gasteiger partial charge on any atom is -0.474 e. The Morgan fingerprint density at radius 2 is 1.64 bits per heavy atom. The average Bonchev–Trinajstić information content (AvgIpc) is 3.42. The van der Waals surface area contributed by atoms with E-state index < -0.39 is 0 Å². The Bertz CT molecular complexity index is 1100. The van der Waals surface area contributed by atoms with Crippen molar-refractivity contribution in [3.8, 4) is 17.1 Å². The summed E-state index contributed by atoms with van der Waals surface area (Å²) in [5, 5.41) is 7.00. The van der Waals surface area contributed by atoms with Crippen molar-refractivity contribution in [2.24, 2.45) is 4.99 Å². The van der Waals surface area contributed by atoms with Crippen LogP contribution in [0.15, 0.2) is 65.9 Å². The molecule has 1 aromatic carbocycles. The highest BCUT2D eigenvalue weighted by atomic mass is 19.1. The quantitative estimate of drug-likeness (QED) is 0.453. The number of pyridine rings is 2. The summed E-state index contributed by atoms with van der Waals surface area (Å²) in [6.07, 6.45) is 10.4. The van der Waals surface area contributed by atoms with Gasteiger partial charge in [-0.25, -0.2) is 19.8 Å². The first kappa shape index (κ1) is 26.9. The van der Waals surface area contributed by atoms with E-state index in [4.69, 9.17) is 14.6 Å². The van der Waals surface area contributed by atoms with Gasteiger partial charge in [0.05, 0.1) is 5.69 Å². The van der Waals surface area contributed by atoms with Crippen molar-refractivity contribution in [3.63, 3.8) is 0 Å². The molecule has 36 heavy (non-hydrogen) atoms. The molecule has 3 heterocycles. The SMILES string of the molecule is CC=O.CO.Fc1ccc(C2=NC(c3ccc(-c4ccc(OC5CCCCC5)nc4)nc3)NN2)cc1. The molecule has 0 spiro atoms. The van der Waals surface area contributed by atoms with Gasteiger partial charge in [-0.1, -0.05) is 12.5 Å². The molecule has 1 unspecified atom stereocenters. The van der Waals surface area contributed by atoms with Gasteiger partial charge in [0.2, 0.25) is 5.88 Å². The summed E-state index contributed by atoms with van der Waals surface area (Å²) < 4.78 is 19.1. The first-order valence-electron chi connectivity index (χ1n) is 11.9. The van der Waals surface area contributed by atoms with Crippen LogP contribution in [-0.4, -0.2) is 40.4 Å². The van der Waals surface area contributed by atoms with E-state index in [0.29, 0.717) is 11.7 Å². The molecular weight excluding hydrogens is 461 g/mol. The van der Waals surface area contributed by atoms with Gasteiger partial charge in [-0.15, -0.1) is 0 Å². The molecule has 190 valence electrons. The zero-order valence-corrected chi connectivity index (χ0v) is 20.5. The lowest BCUT2D eigenvalue weighted by molar-refractivity contribution is -0.106. The van der Waals surface area contributed by atoms with Crippen molar-refractivity contribution >= 4 is 12.1 Å². The topological polar surface area (TPSA) is 109 Å². The van der Waals surface area contributed by atoms with Crippen LogP contribution in [0.3, 0.4) is 0 Å². The Balaban J connectivity index is 0.000000674. The normalized spacial score (nSPS) is 16.9. The number of aliphatic hydroxyl groups is 1. The van der Waals surface area contributed by atoms with Crippen molar-refractivity contribution in [1.82, 2.24) is 20.8 Å². The van der Waals surface area contributed by atoms with E-state index >= 15 is 0 Å². The van der Waals surface area contributed by atoms with Crippen LogP contribution in [0.5, 0.6) is 5.88 Å². The summed E-state index contributed by atoms with van der Waals surface area (Å²) in [6.45, 7) is 1.44. The molecule has 1 saturated carbocycles. The zero-order valence-electron chi connectivity index (χ0n) is 20.5. The predicted octanol–water partition coefficient (Wildman–Crippen LogP) is 4.36. The Morgan fingerprint density at radius 1 is 0.944 bits per heavy atom. The Hall–Kier alpha value is -3.69. The van der Waals surface area contributed by atoms with Crippen LogP contribution in [-0.2, 0) is 4.79 Å². The Morgan fingerprint density at radius 3 is 2.25 bits per heavy atom. The van der Waals surface area contributed by atoms with E-state index in [1.165, 1.54) is 38.3 Å². The van der Waals surface area contributed by atoms with Crippen molar-refractivity contribution in [2.45, 2.75) is 51.3 Å². The number of aliphatic hydroxyl groups excluding tert-OH is 1. The second kappa shape index (κ2) is 14.0. The lowest BCUT2D eigenvalue weighted by atomic mass is 9.98. The third-order valence-corrected chi connectivity index (χ3v) is 5.68. The number of aliphatic imine (C=N–C) groups is 1. The van der Waals surface area contributed by atoms with Gasteiger partial charge in [-0.3, -0.25) is 4.98 Å². The number of nitrogens with zero attached hydrogens (tertiary/aromatic N) is 3. The van der Waals surface area contributed by atoms with Gasteiger partial charge in [-0.2, -0.15) is 0 Å². The second-order valence-corrected chi connectivity index (χ2v) is 8.13. The lowest BCUT2D eigenvalue weighted by Crippen LogP contribution is -2.31. The van der Waals surface area contributed by atoms with Crippen LogP contribution in [0, 0.1) is 5.82 Å². The summed E-state index contributed by atoms with van der Waals surface area (Å²) in [6, 6.07) is 14.1. The number of carbonyl (C=O) groups excluding carboxylic acids is 1. The van der Waals surface area contributed by atoms with Gasteiger partial charge in [0.15, 0.2) is 0 Å². The lowest BCUT2D eigenvalue weighted by Gasteiger charge is -2.22. The molecule has 0 radical (unpaired) electrons. The summed E-state index contributed by atoms with van der Waals surface area (Å²) in [4.78, 5) is 22.5. The molecule has 8 nitrogen and oxygen atoms in total. The fourth-order valence-corrected chi connectivity index (χ4v) is 3.94. The molecule has 1 atom stereocenters. The molecule has 0 saturated heterocycles. The predicted molar refractivity (Wildman–Crippen MR) is 137 cm³/mol. The van der Waals surface area contributed by atoms with E-state index in [1.54, 1.807) is 24.5 Å². The summed E-state index contributed by atoms with van der Waals surface area (Å²) in [7, 11) is 1.00. The first-order valence-corrected chi connectivity index (χ1v) is 11.9. The highest BCUT2D eigenvalue weighted by Gasteiger charge is 2.20. The van der Waals surface area contributed by atoms with E-state index in [9.17, 15) is 4.39 Å². The highest BCUT2D eigenvalue weighted by molar-refractivity contribution is 5.99. The number of hydrogen-bond donors (Lipinski definition) is 3. The van der Waals surface area contributed by atoms with Crippen molar-refractivity contribution in [1.29, 1.82) is 0 Å². The average molecular weight is 494 g/mol. The zero-order chi connectivity index (χ0) is 25.8. The molecule has 2 aliphatic rings. The number of hydrogen-bond acceptors (Lipinski definition) is 8. The molecule has 9 heteroatoms. The third kappa shape index (κ3) is 7.40. The number of nitrogens with one attached hydrogen (secondary N) is 2. The van der Waals surface area contributed by atoms with Crippen LogP contribution < -0.4 is 15.6 Å². The summed E-state index contributed by atoms with van der Waals surface area (Å²) in [5.74, 6) is 1.08. The number of aldehydes is 1. The first-order chi connectivity index (χ1) is 17.7. The minimum absolute atomic E-state index is 0.258. The number of ether oxygens (including phenoxy) is 1. The fourth-order valence-electron chi connectivity index (χ4n) is 3.94. The largest absolute Gasteiger partial charge is 0.474 e. The number of amidine groups is 1. The summed E-state index contributed by atoms with van der Waals surface area (Å²) in [5.41, 5.74) is 9.71. The monoisotopic (exact) mass is 493 g/mol. The molecule has 0 bridgehead atoms. The molecule has 3 aromatic rings. The van der Waals surface area contributed by atoms with E-state index in [0.717, 1.165) is 48.6 Å².